The molecule has 1 amide bonds. The lowest BCUT2D eigenvalue weighted by atomic mass is 10.1. The maximum Gasteiger partial charge on any atom is 0.262 e. The Labute approximate surface area is 187 Å². The van der Waals surface area contributed by atoms with Crippen LogP contribution in [0.4, 0.5) is 0 Å². The fourth-order valence-electron chi connectivity index (χ4n) is 2.92. The van der Waals surface area contributed by atoms with Crippen LogP contribution < -0.4 is 10.0 Å². The van der Waals surface area contributed by atoms with Gasteiger partial charge in [-0.3, -0.25) is 4.79 Å². The summed E-state index contributed by atoms with van der Waals surface area (Å²) in [6, 6.07) is 20.7. The topological polar surface area (TPSA) is 112 Å². The molecule has 0 saturated heterocycles. The zero-order chi connectivity index (χ0) is 23.1. The number of carbonyl (C=O) groups is 1. The zero-order valence-corrected chi connectivity index (χ0v) is 18.5. The smallest absolute Gasteiger partial charge is 0.262 e. The summed E-state index contributed by atoms with van der Waals surface area (Å²) in [5, 5.41) is 12.2. The van der Waals surface area contributed by atoms with E-state index in [1.807, 2.05) is 50.2 Å². The molecule has 0 unspecified atom stereocenters. The SMILES string of the molecule is Cc1ccc(S(=O)(=O)NCc2ccc(/C=C(/C#N)C(=O)N[C@H](C)c3ccccc3)o2)cc1. The molecule has 0 aliphatic carbocycles. The van der Waals surface area contributed by atoms with Crippen LogP contribution in [0.1, 0.15) is 35.6 Å². The van der Waals surface area contributed by atoms with Crippen molar-refractivity contribution in [3.63, 3.8) is 0 Å². The van der Waals surface area contributed by atoms with Gasteiger partial charge in [0.05, 0.1) is 17.5 Å². The van der Waals surface area contributed by atoms with Gasteiger partial charge in [-0.15, -0.1) is 0 Å². The average molecular weight is 450 g/mol. The van der Waals surface area contributed by atoms with Gasteiger partial charge in [-0.05, 0) is 43.7 Å². The van der Waals surface area contributed by atoms with Gasteiger partial charge in [0.15, 0.2) is 0 Å². The molecule has 2 N–H and O–H groups in total. The molecule has 0 spiro atoms. The van der Waals surface area contributed by atoms with Crippen LogP contribution in [0.2, 0.25) is 0 Å². The van der Waals surface area contributed by atoms with E-state index in [-0.39, 0.29) is 28.8 Å². The Balaban J connectivity index is 1.65. The maximum absolute atomic E-state index is 12.5. The van der Waals surface area contributed by atoms with Crippen LogP contribution in [-0.4, -0.2) is 14.3 Å². The minimum Gasteiger partial charge on any atom is -0.460 e. The number of nitrogens with one attached hydrogen (secondary N) is 2. The summed E-state index contributed by atoms with van der Waals surface area (Å²) in [6.07, 6.45) is 1.32. The van der Waals surface area contributed by atoms with Gasteiger partial charge in [0.1, 0.15) is 23.2 Å². The molecule has 0 saturated carbocycles. The highest BCUT2D eigenvalue weighted by molar-refractivity contribution is 7.89. The normalized spacial score (nSPS) is 12.7. The van der Waals surface area contributed by atoms with E-state index in [1.165, 1.54) is 18.2 Å². The number of hydrogen-bond donors (Lipinski definition) is 2. The molecule has 0 radical (unpaired) electrons. The van der Waals surface area contributed by atoms with E-state index in [2.05, 4.69) is 10.0 Å². The summed E-state index contributed by atoms with van der Waals surface area (Å²) in [4.78, 5) is 12.6. The lowest BCUT2D eigenvalue weighted by Gasteiger charge is -2.13. The van der Waals surface area contributed by atoms with E-state index in [4.69, 9.17) is 4.42 Å². The predicted molar refractivity (Wildman–Crippen MR) is 121 cm³/mol. The van der Waals surface area contributed by atoms with Crippen molar-refractivity contribution >= 4 is 22.0 Å². The van der Waals surface area contributed by atoms with E-state index in [0.717, 1.165) is 11.1 Å². The van der Waals surface area contributed by atoms with Crippen molar-refractivity contribution in [2.24, 2.45) is 0 Å². The van der Waals surface area contributed by atoms with Gasteiger partial charge in [-0.25, -0.2) is 13.1 Å². The van der Waals surface area contributed by atoms with Crippen molar-refractivity contribution in [1.82, 2.24) is 10.0 Å². The highest BCUT2D eigenvalue weighted by atomic mass is 32.2. The molecule has 3 aromatic rings. The molecular weight excluding hydrogens is 426 g/mol. The number of hydrogen-bond acceptors (Lipinski definition) is 5. The summed E-state index contributed by atoms with van der Waals surface area (Å²) in [7, 11) is -3.69. The predicted octanol–water partition coefficient (Wildman–Crippen LogP) is 3.85. The fraction of sp³-hybridized carbons (Fsp3) is 0.167. The summed E-state index contributed by atoms with van der Waals surface area (Å²) in [5.74, 6) is 0.0952. The van der Waals surface area contributed by atoms with Crippen molar-refractivity contribution < 1.29 is 17.6 Å². The number of furan rings is 1. The average Bonchev–Trinajstić information content (AvgIpc) is 3.24. The molecule has 7 nitrogen and oxygen atoms in total. The van der Waals surface area contributed by atoms with Gasteiger partial charge >= 0.3 is 0 Å². The van der Waals surface area contributed by atoms with Gasteiger partial charge in [-0.2, -0.15) is 5.26 Å². The number of amides is 1. The maximum atomic E-state index is 12.5. The standard InChI is InChI=1S/C24H23N3O4S/c1-17-8-12-23(13-9-17)32(29,30)26-16-22-11-10-21(31-22)14-20(15-25)24(28)27-18(2)19-6-4-3-5-7-19/h3-14,18,26H,16H2,1-2H3,(H,27,28)/b20-14-/t18-/m1/s1. The van der Waals surface area contributed by atoms with Crippen molar-refractivity contribution in [2.75, 3.05) is 0 Å². The number of aryl methyl sites for hydroxylation is 1. The molecule has 0 bridgehead atoms. The summed E-state index contributed by atoms with van der Waals surface area (Å²) < 4.78 is 32.8. The van der Waals surface area contributed by atoms with Crippen LogP contribution in [0.3, 0.4) is 0 Å². The molecule has 1 atom stereocenters. The zero-order valence-electron chi connectivity index (χ0n) is 17.7. The van der Waals surface area contributed by atoms with Gasteiger partial charge in [-0.1, -0.05) is 48.0 Å². The Bertz CT molecular complexity index is 1250. The molecule has 32 heavy (non-hydrogen) atoms. The first-order valence-corrected chi connectivity index (χ1v) is 11.4. The Kier molecular flexibility index (Phi) is 7.25. The summed E-state index contributed by atoms with van der Waals surface area (Å²) >= 11 is 0. The number of nitrogens with zero attached hydrogens (tertiary/aromatic N) is 1. The summed E-state index contributed by atoms with van der Waals surface area (Å²) in [5.41, 5.74) is 1.76. The molecule has 0 fully saturated rings. The third kappa shape index (κ3) is 5.94. The Morgan fingerprint density at radius 1 is 1.09 bits per heavy atom. The number of carbonyl (C=O) groups excluding carboxylic acids is 1. The van der Waals surface area contributed by atoms with Crippen LogP contribution in [-0.2, 0) is 21.4 Å². The van der Waals surface area contributed by atoms with Crippen molar-refractivity contribution in [3.8, 4) is 6.07 Å². The highest BCUT2D eigenvalue weighted by Crippen LogP contribution is 2.16. The van der Waals surface area contributed by atoms with Crippen molar-refractivity contribution in [3.05, 3.63) is 95.0 Å². The van der Waals surface area contributed by atoms with E-state index in [9.17, 15) is 18.5 Å². The van der Waals surface area contributed by atoms with E-state index >= 15 is 0 Å². The molecule has 1 aromatic heterocycles. The largest absolute Gasteiger partial charge is 0.460 e. The molecular formula is C24H23N3O4S. The number of benzene rings is 2. The second kappa shape index (κ2) is 10.1. The van der Waals surface area contributed by atoms with Crippen LogP contribution in [0, 0.1) is 18.3 Å². The second-order valence-electron chi connectivity index (χ2n) is 7.22. The van der Waals surface area contributed by atoms with E-state index < -0.39 is 15.9 Å². The summed E-state index contributed by atoms with van der Waals surface area (Å²) in [6.45, 7) is 3.64. The second-order valence-corrected chi connectivity index (χ2v) is 8.98. The first-order valence-electron chi connectivity index (χ1n) is 9.91. The first-order chi connectivity index (χ1) is 15.3. The van der Waals surface area contributed by atoms with Crippen LogP contribution in [0.5, 0.6) is 0 Å². The Morgan fingerprint density at radius 3 is 2.44 bits per heavy atom. The third-order valence-electron chi connectivity index (χ3n) is 4.75. The van der Waals surface area contributed by atoms with Gasteiger partial charge < -0.3 is 9.73 Å². The molecule has 1 heterocycles. The Morgan fingerprint density at radius 2 is 1.78 bits per heavy atom. The fourth-order valence-corrected chi connectivity index (χ4v) is 3.92. The molecule has 0 aliphatic rings. The third-order valence-corrected chi connectivity index (χ3v) is 6.17. The highest BCUT2D eigenvalue weighted by Gasteiger charge is 2.16. The van der Waals surface area contributed by atoms with Gasteiger partial charge in [0.25, 0.3) is 5.91 Å². The van der Waals surface area contributed by atoms with E-state index in [1.54, 1.807) is 24.3 Å². The number of nitriles is 1. The molecule has 3 rings (SSSR count). The lowest BCUT2D eigenvalue weighted by molar-refractivity contribution is -0.117. The van der Waals surface area contributed by atoms with Crippen LogP contribution in [0.25, 0.3) is 6.08 Å². The monoisotopic (exact) mass is 449 g/mol. The molecule has 0 aliphatic heterocycles. The molecule has 164 valence electrons. The molecule has 2 aromatic carbocycles. The minimum atomic E-state index is -3.69. The minimum absolute atomic E-state index is 0.0663. The van der Waals surface area contributed by atoms with Crippen LogP contribution in [0.15, 0.2) is 81.6 Å². The van der Waals surface area contributed by atoms with Crippen molar-refractivity contribution in [1.29, 1.82) is 5.26 Å². The number of rotatable bonds is 8. The van der Waals surface area contributed by atoms with E-state index in [0.29, 0.717) is 5.76 Å². The number of sulfonamides is 1. The quantitative estimate of drug-likeness (QED) is 0.401. The van der Waals surface area contributed by atoms with Crippen LogP contribution >= 0.6 is 0 Å². The molecule has 8 heteroatoms. The van der Waals surface area contributed by atoms with Gasteiger partial charge in [0.2, 0.25) is 10.0 Å². The first kappa shape index (κ1) is 23.0. The van der Waals surface area contributed by atoms with Crippen molar-refractivity contribution in [2.45, 2.75) is 31.3 Å². The van der Waals surface area contributed by atoms with Gasteiger partial charge in [0, 0.05) is 6.08 Å². The Hall–Kier alpha value is -3.67. The lowest BCUT2D eigenvalue weighted by Crippen LogP contribution is -2.27.